The van der Waals surface area contributed by atoms with Crippen molar-refractivity contribution >= 4 is 23.5 Å². The molecule has 23 heavy (non-hydrogen) atoms. The highest BCUT2D eigenvalue weighted by atomic mass is 35.5. The maximum atomic E-state index is 13.2. The Kier molecular flexibility index (Phi) is 6.36. The highest BCUT2D eigenvalue weighted by Gasteiger charge is 2.25. The first-order valence-electron chi connectivity index (χ1n) is 7.53. The van der Waals surface area contributed by atoms with E-state index in [9.17, 15) is 14.0 Å². The Hall–Kier alpha value is -1.66. The molecular formula is C16H19ClFNO4. The van der Waals surface area contributed by atoms with Gasteiger partial charge in [0.05, 0.1) is 18.2 Å². The second-order valence-corrected chi connectivity index (χ2v) is 5.88. The molecule has 1 atom stereocenters. The average molecular weight is 344 g/mol. The molecule has 0 aromatic heterocycles. The van der Waals surface area contributed by atoms with E-state index in [0.717, 1.165) is 5.56 Å². The lowest BCUT2D eigenvalue weighted by atomic mass is 10.1. The van der Waals surface area contributed by atoms with Gasteiger partial charge in [-0.05, 0) is 30.5 Å². The summed E-state index contributed by atoms with van der Waals surface area (Å²) < 4.78 is 18.9. The number of carbonyl (C=O) groups excluding carboxylic acids is 1. The number of aliphatic carboxylic acids is 1. The third kappa shape index (κ3) is 5.18. The van der Waals surface area contributed by atoms with Gasteiger partial charge in [-0.25, -0.2) is 4.39 Å². The molecule has 0 saturated carbocycles. The second kappa shape index (κ2) is 8.26. The third-order valence-corrected chi connectivity index (χ3v) is 4.06. The first kappa shape index (κ1) is 17.7. The molecule has 0 bridgehead atoms. The third-order valence-electron chi connectivity index (χ3n) is 3.77. The van der Waals surface area contributed by atoms with Crippen molar-refractivity contribution in [3.05, 3.63) is 34.6 Å². The van der Waals surface area contributed by atoms with E-state index in [0.29, 0.717) is 39.0 Å². The summed E-state index contributed by atoms with van der Waals surface area (Å²) in [6.07, 6.45) is 1.11. The highest BCUT2D eigenvalue weighted by molar-refractivity contribution is 6.30. The van der Waals surface area contributed by atoms with E-state index in [1.165, 1.54) is 12.1 Å². The minimum Gasteiger partial charge on any atom is -0.481 e. The first-order valence-corrected chi connectivity index (χ1v) is 7.91. The number of rotatable bonds is 6. The van der Waals surface area contributed by atoms with E-state index in [4.69, 9.17) is 21.4 Å². The molecule has 0 aliphatic carbocycles. The molecule has 1 amide bonds. The molecule has 1 aliphatic heterocycles. The lowest BCUT2D eigenvalue weighted by Crippen LogP contribution is -2.42. The minimum absolute atomic E-state index is 0.0168. The monoisotopic (exact) mass is 343 g/mol. The van der Waals surface area contributed by atoms with Gasteiger partial charge in [0.1, 0.15) is 11.9 Å². The molecule has 2 rings (SSSR count). The van der Waals surface area contributed by atoms with Gasteiger partial charge in [0, 0.05) is 19.4 Å². The number of carbonyl (C=O) groups is 2. The fourth-order valence-electron chi connectivity index (χ4n) is 2.50. The summed E-state index contributed by atoms with van der Waals surface area (Å²) in [5, 5.41) is 8.61. The SMILES string of the molecule is O=C(O)CCCCC(=O)N1CCOC(c2ccc(F)c(Cl)c2)C1. The van der Waals surface area contributed by atoms with Gasteiger partial charge in [0.2, 0.25) is 5.91 Å². The van der Waals surface area contributed by atoms with Crippen molar-refractivity contribution in [2.24, 2.45) is 0 Å². The van der Waals surface area contributed by atoms with Gasteiger partial charge in [-0.1, -0.05) is 17.7 Å². The topological polar surface area (TPSA) is 66.8 Å². The average Bonchev–Trinajstić information content (AvgIpc) is 2.54. The smallest absolute Gasteiger partial charge is 0.303 e. The predicted octanol–water partition coefficient (Wildman–Crippen LogP) is 3.02. The summed E-state index contributed by atoms with van der Waals surface area (Å²) in [6.45, 7) is 1.30. The van der Waals surface area contributed by atoms with Gasteiger partial charge < -0.3 is 14.7 Å². The molecule has 1 aliphatic rings. The van der Waals surface area contributed by atoms with Crippen LogP contribution in [0.4, 0.5) is 4.39 Å². The van der Waals surface area contributed by atoms with Crippen LogP contribution >= 0.6 is 11.6 Å². The number of amides is 1. The Balaban J connectivity index is 1.88. The fraction of sp³-hybridized carbons (Fsp3) is 0.500. The van der Waals surface area contributed by atoms with Gasteiger partial charge in [0.25, 0.3) is 0 Å². The summed E-state index contributed by atoms with van der Waals surface area (Å²) in [5.41, 5.74) is 0.736. The van der Waals surface area contributed by atoms with Crippen molar-refractivity contribution in [1.29, 1.82) is 0 Å². The highest BCUT2D eigenvalue weighted by Crippen LogP contribution is 2.26. The van der Waals surface area contributed by atoms with E-state index in [2.05, 4.69) is 0 Å². The van der Waals surface area contributed by atoms with Crippen molar-refractivity contribution in [3.63, 3.8) is 0 Å². The molecule has 1 unspecified atom stereocenters. The van der Waals surface area contributed by atoms with Crippen molar-refractivity contribution in [2.75, 3.05) is 19.7 Å². The van der Waals surface area contributed by atoms with Crippen LogP contribution in [0.25, 0.3) is 0 Å². The zero-order chi connectivity index (χ0) is 16.8. The second-order valence-electron chi connectivity index (χ2n) is 5.47. The van der Waals surface area contributed by atoms with Crippen LogP contribution in [0.15, 0.2) is 18.2 Å². The van der Waals surface area contributed by atoms with Gasteiger partial charge in [0.15, 0.2) is 0 Å². The number of nitrogens with zero attached hydrogens (tertiary/aromatic N) is 1. The Morgan fingerprint density at radius 3 is 2.78 bits per heavy atom. The van der Waals surface area contributed by atoms with Crippen LogP contribution in [0, 0.1) is 5.82 Å². The van der Waals surface area contributed by atoms with Gasteiger partial charge in [-0.2, -0.15) is 0 Å². The molecule has 1 N–H and O–H groups in total. The molecule has 1 saturated heterocycles. The molecular weight excluding hydrogens is 325 g/mol. The predicted molar refractivity (Wildman–Crippen MR) is 82.8 cm³/mol. The summed E-state index contributed by atoms with van der Waals surface area (Å²) in [5.74, 6) is -1.36. The number of carboxylic acids is 1. The number of carboxylic acid groups (broad SMARTS) is 1. The minimum atomic E-state index is -0.850. The van der Waals surface area contributed by atoms with Crippen LogP contribution in [0.3, 0.4) is 0 Å². The van der Waals surface area contributed by atoms with Crippen molar-refractivity contribution < 1.29 is 23.8 Å². The van der Waals surface area contributed by atoms with Crippen LogP contribution in [0.2, 0.25) is 5.02 Å². The maximum absolute atomic E-state index is 13.2. The fourth-order valence-corrected chi connectivity index (χ4v) is 2.69. The Morgan fingerprint density at radius 1 is 1.35 bits per heavy atom. The molecule has 1 fully saturated rings. The van der Waals surface area contributed by atoms with Crippen molar-refractivity contribution in [2.45, 2.75) is 31.8 Å². The quantitative estimate of drug-likeness (QED) is 0.806. The van der Waals surface area contributed by atoms with Gasteiger partial charge >= 0.3 is 5.97 Å². The summed E-state index contributed by atoms with van der Waals surface area (Å²) in [6, 6.07) is 4.41. The number of halogens is 2. The molecule has 5 nitrogen and oxygen atoms in total. The first-order chi connectivity index (χ1) is 11.0. The number of hydrogen-bond acceptors (Lipinski definition) is 3. The molecule has 0 spiro atoms. The molecule has 1 aromatic carbocycles. The van der Waals surface area contributed by atoms with Crippen LogP contribution in [0.1, 0.15) is 37.4 Å². The summed E-state index contributed by atoms with van der Waals surface area (Å²) in [7, 11) is 0. The van der Waals surface area contributed by atoms with Gasteiger partial charge in [-0.15, -0.1) is 0 Å². The van der Waals surface area contributed by atoms with Crippen molar-refractivity contribution in [3.8, 4) is 0 Å². The number of benzene rings is 1. The standard InChI is InChI=1S/C16H19ClFNO4/c17-12-9-11(5-6-13(12)18)14-10-19(7-8-23-14)15(20)3-1-2-4-16(21)22/h5-6,9,14H,1-4,7-8,10H2,(H,21,22). The Morgan fingerprint density at radius 2 is 2.09 bits per heavy atom. The van der Waals surface area contributed by atoms with E-state index >= 15 is 0 Å². The Bertz CT molecular complexity index is 581. The number of unbranched alkanes of at least 4 members (excludes halogenated alkanes) is 1. The molecule has 1 aromatic rings. The lowest BCUT2D eigenvalue weighted by molar-refractivity contribution is -0.140. The molecule has 7 heteroatoms. The number of ether oxygens (including phenoxy) is 1. The van der Waals surface area contributed by atoms with Gasteiger partial charge in [-0.3, -0.25) is 9.59 Å². The maximum Gasteiger partial charge on any atom is 0.303 e. The van der Waals surface area contributed by atoms with E-state index in [1.807, 2.05) is 0 Å². The molecule has 0 radical (unpaired) electrons. The zero-order valence-corrected chi connectivity index (χ0v) is 13.4. The molecule has 126 valence electrons. The largest absolute Gasteiger partial charge is 0.481 e. The van der Waals surface area contributed by atoms with Crippen LogP contribution in [0.5, 0.6) is 0 Å². The molecule has 1 heterocycles. The van der Waals surface area contributed by atoms with E-state index < -0.39 is 11.8 Å². The number of hydrogen-bond donors (Lipinski definition) is 1. The Labute approximate surface area is 139 Å². The van der Waals surface area contributed by atoms with Crippen LogP contribution < -0.4 is 0 Å². The van der Waals surface area contributed by atoms with E-state index in [-0.39, 0.29) is 23.5 Å². The number of morpholine rings is 1. The lowest BCUT2D eigenvalue weighted by Gasteiger charge is -2.33. The van der Waals surface area contributed by atoms with Crippen molar-refractivity contribution in [1.82, 2.24) is 4.90 Å². The summed E-state index contributed by atoms with van der Waals surface area (Å²) in [4.78, 5) is 24.3. The summed E-state index contributed by atoms with van der Waals surface area (Å²) >= 11 is 5.78. The normalized spacial score (nSPS) is 18.0. The van der Waals surface area contributed by atoms with Crippen LogP contribution in [-0.4, -0.2) is 41.6 Å². The zero-order valence-electron chi connectivity index (χ0n) is 12.6. The van der Waals surface area contributed by atoms with Crippen LogP contribution in [-0.2, 0) is 14.3 Å². The van der Waals surface area contributed by atoms with E-state index in [1.54, 1.807) is 11.0 Å².